The Kier molecular flexibility index (Phi) is 4.08. The Labute approximate surface area is 77.4 Å². The molecule has 0 aliphatic carbocycles. The predicted octanol–water partition coefficient (Wildman–Crippen LogP) is 2.12. The third-order valence-electron chi connectivity index (χ3n) is 1.62. The van der Waals surface area contributed by atoms with Gasteiger partial charge in [-0.2, -0.15) is 5.48 Å². The van der Waals surface area contributed by atoms with Crippen molar-refractivity contribution in [1.82, 2.24) is 5.48 Å². The number of halogens is 1. The van der Waals surface area contributed by atoms with Crippen LogP contribution in [0.2, 0.25) is 0 Å². The standard InChI is InChI=1S/C9H12ClNO/c1-12-11-9(7-10)8-5-3-2-4-6-8/h2-6,9,11H,7H2,1H3/t9-/m0/s1. The van der Waals surface area contributed by atoms with Crippen LogP contribution in [0.5, 0.6) is 0 Å². The van der Waals surface area contributed by atoms with Gasteiger partial charge in [-0.1, -0.05) is 30.3 Å². The number of hydroxylamine groups is 1. The molecule has 0 unspecified atom stereocenters. The lowest BCUT2D eigenvalue weighted by molar-refractivity contribution is 0.0668. The van der Waals surface area contributed by atoms with E-state index in [9.17, 15) is 0 Å². The summed E-state index contributed by atoms with van der Waals surface area (Å²) in [5.74, 6) is 0.498. The number of rotatable bonds is 4. The first kappa shape index (κ1) is 9.52. The van der Waals surface area contributed by atoms with Gasteiger partial charge in [-0.3, -0.25) is 0 Å². The summed E-state index contributed by atoms with van der Waals surface area (Å²) in [5.41, 5.74) is 3.95. The van der Waals surface area contributed by atoms with Crippen LogP contribution in [0.15, 0.2) is 30.3 Å². The smallest absolute Gasteiger partial charge is 0.0706 e. The number of nitrogens with one attached hydrogen (secondary N) is 1. The number of hydrogen-bond donors (Lipinski definition) is 1. The van der Waals surface area contributed by atoms with Crippen LogP contribution in [0.4, 0.5) is 0 Å². The molecule has 1 atom stereocenters. The molecule has 0 bridgehead atoms. The van der Waals surface area contributed by atoms with E-state index in [0.717, 1.165) is 5.56 Å². The molecule has 66 valence electrons. The lowest BCUT2D eigenvalue weighted by atomic mass is 10.1. The van der Waals surface area contributed by atoms with Crippen LogP contribution in [-0.4, -0.2) is 13.0 Å². The average Bonchev–Trinajstić information content (AvgIpc) is 2.15. The fourth-order valence-electron chi connectivity index (χ4n) is 1.02. The maximum atomic E-state index is 5.74. The zero-order chi connectivity index (χ0) is 8.81. The summed E-state index contributed by atoms with van der Waals surface area (Å²) in [6, 6.07) is 10.0. The van der Waals surface area contributed by atoms with Gasteiger partial charge in [0.05, 0.1) is 13.2 Å². The van der Waals surface area contributed by atoms with Crippen LogP contribution in [0.25, 0.3) is 0 Å². The third kappa shape index (κ3) is 2.48. The van der Waals surface area contributed by atoms with Crippen molar-refractivity contribution in [3.05, 3.63) is 35.9 Å². The Bertz CT molecular complexity index is 215. The molecule has 0 aliphatic heterocycles. The molecule has 1 aromatic rings. The van der Waals surface area contributed by atoms with Gasteiger partial charge in [-0.25, -0.2) is 0 Å². The number of benzene rings is 1. The maximum absolute atomic E-state index is 5.74. The second kappa shape index (κ2) is 5.14. The molecule has 0 saturated carbocycles. The molecule has 0 radical (unpaired) electrons. The van der Waals surface area contributed by atoms with E-state index in [0.29, 0.717) is 5.88 Å². The third-order valence-corrected chi connectivity index (χ3v) is 1.92. The van der Waals surface area contributed by atoms with Crippen molar-refractivity contribution in [1.29, 1.82) is 0 Å². The quantitative estimate of drug-likeness (QED) is 0.573. The maximum Gasteiger partial charge on any atom is 0.0706 e. The molecule has 0 aliphatic rings. The second-order valence-electron chi connectivity index (χ2n) is 2.44. The van der Waals surface area contributed by atoms with Gasteiger partial charge in [-0.05, 0) is 5.56 Å². The summed E-state index contributed by atoms with van der Waals surface area (Å²) in [6.45, 7) is 0. The van der Waals surface area contributed by atoms with E-state index in [-0.39, 0.29) is 6.04 Å². The summed E-state index contributed by atoms with van der Waals surface area (Å²) in [4.78, 5) is 4.81. The van der Waals surface area contributed by atoms with Crippen molar-refractivity contribution < 1.29 is 4.84 Å². The van der Waals surface area contributed by atoms with Gasteiger partial charge in [0, 0.05) is 5.88 Å². The van der Waals surface area contributed by atoms with Crippen molar-refractivity contribution in [2.24, 2.45) is 0 Å². The molecule has 0 amide bonds. The van der Waals surface area contributed by atoms with Crippen molar-refractivity contribution in [3.8, 4) is 0 Å². The van der Waals surface area contributed by atoms with E-state index in [1.54, 1.807) is 7.11 Å². The van der Waals surface area contributed by atoms with Crippen molar-refractivity contribution in [2.45, 2.75) is 6.04 Å². The molecular formula is C9H12ClNO. The SMILES string of the molecule is CON[C@@H](CCl)c1ccccc1. The minimum Gasteiger partial charge on any atom is -0.304 e. The van der Waals surface area contributed by atoms with Gasteiger partial charge < -0.3 is 4.84 Å². The van der Waals surface area contributed by atoms with Gasteiger partial charge in [0.2, 0.25) is 0 Å². The molecule has 12 heavy (non-hydrogen) atoms. The first-order valence-corrected chi connectivity index (χ1v) is 4.31. The largest absolute Gasteiger partial charge is 0.304 e. The van der Waals surface area contributed by atoms with Crippen LogP contribution >= 0.6 is 11.6 Å². The highest BCUT2D eigenvalue weighted by Crippen LogP contribution is 2.13. The van der Waals surface area contributed by atoms with E-state index in [1.807, 2.05) is 30.3 Å². The molecule has 0 saturated heterocycles. The fraction of sp³-hybridized carbons (Fsp3) is 0.333. The van der Waals surface area contributed by atoms with Gasteiger partial charge in [0.1, 0.15) is 0 Å². The lowest BCUT2D eigenvalue weighted by Gasteiger charge is -2.13. The molecule has 1 rings (SSSR count). The molecule has 3 heteroatoms. The highest BCUT2D eigenvalue weighted by atomic mass is 35.5. The molecule has 0 aromatic heterocycles. The monoisotopic (exact) mass is 185 g/mol. The van der Waals surface area contributed by atoms with Crippen LogP contribution in [0.3, 0.4) is 0 Å². The van der Waals surface area contributed by atoms with Crippen molar-refractivity contribution >= 4 is 11.6 Å². The number of hydrogen-bond acceptors (Lipinski definition) is 2. The fourth-order valence-corrected chi connectivity index (χ4v) is 1.26. The summed E-state index contributed by atoms with van der Waals surface area (Å²) in [5, 5.41) is 0. The molecule has 0 heterocycles. The minimum absolute atomic E-state index is 0.0675. The van der Waals surface area contributed by atoms with E-state index in [4.69, 9.17) is 16.4 Å². The first-order chi connectivity index (χ1) is 5.88. The van der Waals surface area contributed by atoms with Gasteiger partial charge >= 0.3 is 0 Å². The zero-order valence-corrected chi connectivity index (χ0v) is 7.71. The van der Waals surface area contributed by atoms with Crippen LogP contribution in [-0.2, 0) is 4.84 Å². The van der Waals surface area contributed by atoms with Crippen LogP contribution in [0, 0.1) is 0 Å². The van der Waals surface area contributed by atoms with E-state index >= 15 is 0 Å². The Balaban J connectivity index is 2.66. The summed E-state index contributed by atoms with van der Waals surface area (Å²) >= 11 is 5.74. The lowest BCUT2D eigenvalue weighted by Crippen LogP contribution is -2.21. The summed E-state index contributed by atoms with van der Waals surface area (Å²) < 4.78 is 0. The highest BCUT2D eigenvalue weighted by Gasteiger charge is 2.07. The Morgan fingerprint density at radius 3 is 2.58 bits per heavy atom. The topological polar surface area (TPSA) is 21.3 Å². The Hall–Kier alpha value is -0.570. The summed E-state index contributed by atoms with van der Waals surface area (Å²) in [6.07, 6.45) is 0. The Morgan fingerprint density at radius 1 is 1.42 bits per heavy atom. The first-order valence-electron chi connectivity index (χ1n) is 3.78. The second-order valence-corrected chi connectivity index (χ2v) is 2.75. The van der Waals surface area contributed by atoms with Crippen molar-refractivity contribution in [3.63, 3.8) is 0 Å². The zero-order valence-electron chi connectivity index (χ0n) is 6.96. The molecule has 2 nitrogen and oxygen atoms in total. The molecule has 0 spiro atoms. The molecular weight excluding hydrogens is 174 g/mol. The minimum atomic E-state index is 0.0675. The highest BCUT2D eigenvalue weighted by molar-refractivity contribution is 6.18. The van der Waals surface area contributed by atoms with Crippen LogP contribution < -0.4 is 5.48 Å². The molecule has 1 aromatic carbocycles. The van der Waals surface area contributed by atoms with E-state index < -0.39 is 0 Å². The average molecular weight is 186 g/mol. The summed E-state index contributed by atoms with van der Waals surface area (Å²) in [7, 11) is 1.59. The van der Waals surface area contributed by atoms with E-state index in [2.05, 4.69) is 5.48 Å². The molecule has 1 N–H and O–H groups in total. The number of alkyl halides is 1. The van der Waals surface area contributed by atoms with Crippen molar-refractivity contribution in [2.75, 3.05) is 13.0 Å². The molecule has 0 fully saturated rings. The van der Waals surface area contributed by atoms with Gasteiger partial charge in [-0.15, -0.1) is 11.6 Å². The van der Waals surface area contributed by atoms with Crippen LogP contribution in [0.1, 0.15) is 11.6 Å². The van der Waals surface area contributed by atoms with Gasteiger partial charge in [0.15, 0.2) is 0 Å². The predicted molar refractivity (Wildman–Crippen MR) is 50.0 cm³/mol. The van der Waals surface area contributed by atoms with E-state index in [1.165, 1.54) is 0 Å². The Morgan fingerprint density at radius 2 is 2.08 bits per heavy atom. The van der Waals surface area contributed by atoms with Gasteiger partial charge in [0.25, 0.3) is 0 Å². The normalized spacial score (nSPS) is 12.8.